The van der Waals surface area contributed by atoms with E-state index in [-0.39, 0.29) is 18.6 Å². The summed E-state index contributed by atoms with van der Waals surface area (Å²) in [6, 6.07) is -0.00482. The highest BCUT2D eigenvalue weighted by molar-refractivity contribution is 5.80. The van der Waals surface area contributed by atoms with Gasteiger partial charge in [0.15, 0.2) is 5.60 Å². The molecular weight excluding hydrogens is 298 g/mol. The van der Waals surface area contributed by atoms with Gasteiger partial charge in [-0.25, -0.2) is 4.79 Å². The molecule has 6 nitrogen and oxygen atoms in total. The van der Waals surface area contributed by atoms with Gasteiger partial charge in [-0.05, 0) is 18.9 Å². The van der Waals surface area contributed by atoms with Gasteiger partial charge in [-0.1, -0.05) is 13.8 Å². The molecule has 6 heteroatoms. The number of quaternary nitrogens is 1. The Kier molecular flexibility index (Phi) is 5.21. The van der Waals surface area contributed by atoms with Crippen LogP contribution in [0.2, 0.25) is 0 Å². The number of ether oxygens (including phenoxy) is 2. The van der Waals surface area contributed by atoms with E-state index in [1.165, 1.54) is 7.11 Å². The summed E-state index contributed by atoms with van der Waals surface area (Å²) in [7, 11) is 3.58. The van der Waals surface area contributed by atoms with Crippen LogP contribution in [0.4, 0.5) is 0 Å². The van der Waals surface area contributed by atoms with E-state index in [9.17, 15) is 15.0 Å². The number of fused-ring (bicyclic) bond motifs is 1. The minimum Gasteiger partial charge on any atom is -0.459 e. The first kappa shape index (κ1) is 18.4. The van der Waals surface area contributed by atoms with E-state index in [2.05, 4.69) is 13.1 Å². The predicted molar refractivity (Wildman–Crippen MR) is 85.6 cm³/mol. The molecule has 2 aliphatic rings. The van der Waals surface area contributed by atoms with Crippen LogP contribution in [0.25, 0.3) is 0 Å². The number of aliphatic hydroxyl groups excluding tert-OH is 1. The quantitative estimate of drug-likeness (QED) is 0.421. The molecule has 0 saturated carbocycles. The van der Waals surface area contributed by atoms with Crippen LogP contribution in [-0.2, 0) is 14.3 Å². The lowest BCUT2D eigenvalue weighted by Crippen LogP contribution is -2.54. The zero-order valence-electron chi connectivity index (χ0n) is 14.8. The molecule has 2 heterocycles. The van der Waals surface area contributed by atoms with E-state index in [4.69, 9.17) is 9.47 Å². The van der Waals surface area contributed by atoms with E-state index in [1.54, 1.807) is 20.8 Å². The van der Waals surface area contributed by atoms with Crippen molar-refractivity contribution >= 4 is 5.97 Å². The first-order valence-corrected chi connectivity index (χ1v) is 8.30. The van der Waals surface area contributed by atoms with Crippen molar-refractivity contribution in [3.05, 3.63) is 11.6 Å². The Hall–Kier alpha value is -0.950. The molecule has 0 bridgehead atoms. The number of carbonyl (C=O) groups is 1. The number of methoxy groups -OCH3 is 1. The summed E-state index contributed by atoms with van der Waals surface area (Å²) < 4.78 is 11.4. The fraction of sp³-hybridized carbons (Fsp3) is 0.824. The third kappa shape index (κ3) is 3.05. The minimum absolute atomic E-state index is 0.00482. The second-order valence-corrected chi connectivity index (χ2v) is 7.40. The van der Waals surface area contributed by atoms with Gasteiger partial charge in [-0.15, -0.1) is 0 Å². The number of nitrogens with zero attached hydrogens (tertiary/aromatic N) is 1. The zero-order chi connectivity index (χ0) is 17.4. The van der Waals surface area contributed by atoms with Gasteiger partial charge in [0.25, 0.3) is 0 Å². The first-order chi connectivity index (χ1) is 10.7. The highest BCUT2D eigenvalue weighted by Crippen LogP contribution is 2.35. The number of esters is 1. The van der Waals surface area contributed by atoms with Gasteiger partial charge < -0.3 is 24.2 Å². The molecule has 23 heavy (non-hydrogen) atoms. The van der Waals surface area contributed by atoms with Crippen LogP contribution >= 0.6 is 0 Å². The van der Waals surface area contributed by atoms with Gasteiger partial charge in [0.1, 0.15) is 18.8 Å². The van der Waals surface area contributed by atoms with Gasteiger partial charge in [0, 0.05) is 19.1 Å². The molecule has 2 rings (SSSR count). The monoisotopic (exact) mass is 328 g/mol. The van der Waals surface area contributed by atoms with Crippen LogP contribution in [0.1, 0.15) is 27.2 Å². The molecule has 5 atom stereocenters. The molecule has 0 aromatic rings. The molecule has 1 fully saturated rings. The van der Waals surface area contributed by atoms with Crippen LogP contribution in [-0.4, -0.2) is 78.4 Å². The highest BCUT2D eigenvalue weighted by atomic mass is 16.6. The van der Waals surface area contributed by atoms with Gasteiger partial charge in [0.05, 0.1) is 26.2 Å². The fourth-order valence-electron chi connectivity index (χ4n) is 3.90. The summed E-state index contributed by atoms with van der Waals surface area (Å²) >= 11 is 0. The van der Waals surface area contributed by atoms with Gasteiger partial charge >= 0.3 is 5.97 Å². The van der Waals surface area contributed by atoms with Crippen LogP contribution < -0.4 is 0 Å². The standard InChI is InChI=1S/C17H30NO5/c1-11(2)17(21,12(3)22-5)16(20)23-10-13-6-8-18(4)9-7-14(19)15(13)18/h6,11-12,14-15,19,21H,7-10H2,1-5H3/q+1/t12?,14-,15-,17?,18?/m1/s1. The van der Waals surface area contributed by atoms with E-state index in [1.807, 2.05) is 0 Å². The average Bonchev–Trinajstić information content (AvgIpc) is 2.99. The number of hydrogen-bond acceptors (Lipinski definition) is 5. The Bertz CT molecular complexity index is 491. The lowest BCUT2D eigenvalue weighted by Gasteiger charge is -2.35. The Morgan fingerprint density at radius 3 is 2.70 bits per heavy atom. The van der Waals surface area contributed by atoms with E-state index < -0.39 is 23.8 Å². The molecule has 0 amide bonds. The Labute approximate surface area is 138 Å². The maximum Gasteiger partial charge on any atom is 0.341 e. The van der Waals surface area contributed by atoms with E-state index >= 15 is 0 Å². The lowest BCUT2D eigenvalue weighted by molar-refractivity contribution is -0.906. The first-order valence-electron chi connectivity index (χ1n) is 8.30. The Morgan fingerprint density at radius 2 is 2.13 bits per heavy atom. The van der Waals surface area contributed by atoms with Crippen molar-refractivity contribution in [2.24, 2.45) is 5.92 Å². The fourth-order valence-corrected chi connectivity index (χ4v) is 3.90. The summed E-state index contributed by atoms with van der Waals surface area (Å²) in [6.07, 6.45) is 1.76. The Balaban J connectivity index is 2.04. The van der Waals surface area contributed by atoms with Crippen molar-refractivity contribution in [2.75, 3.05) is 33.9 Å². The van der Waals surface area contributed by atoms with E-state index in [0.29, 0.717) is 0 Å². The summed E-state index contributed by atoms with van der Waals surface area (Å²) in [5.41, 5.74) is -0.734. The predicted octanol–water partition coefficient (Wildman–Crippen LogP) is 0.471. The molecule has 0 aromatic heterocycles. The summed E-state index contributed by atoms with van der Waals surface area (Å²) in [5.74, 6) is -1.00. The third-order valence-corrected chi connectivity index (χ3v) is 5.67. The normalized spacial score (nSPS) is 34.0. The van der Waals surface area contributed by atoms with Crippen LogP contribution in [0.5, 0.6) is 0 Å². The number of carbonyl (C=O) groups excluding carboxylic acids is 1. The van der Waals surface area contributed by atoms with E-state index in [0.717, 1.165) is 29.6 Å². The minimum atomic E-state index is -1.68. The molecule has 3 unspecified atom stereocenters. The third-order valence-electron chi connectivity index (χ3n) is 5.67. The average molecular weight is 328 g/mol. The van der Waals surface area contributed by atoms with Gasteiger partial charge in [-0.2, -0.15) is 0 Å². The maximum absolute atomic E-state index is 12.5. The molecule has 132 valence electrons. The van der Waals surface area contributed by atoms with Crippen LogP contribution in [0.3, 0.4) is 0 Å². The van der Waals surface area contributed by atoms with Crippen molar-refractivity contribution in [2.45, 2.75) is 51.0 Å². The topological polar surface area (TPSA) is 76.0 Å². The molecular formula is C17H30NO5+. The number of rotatable bonds is 6. The van der Waals surface area contributed by atoms with Crippen molar-refractivity contribution in [3.8, 4) is 0 Å². The summed E-state index contributed by atoms with van der Waals surface area (Å²) in [5, 5.41) is 20.9. The van der Waals surface area contributed by atoms with Crippen LogP contribution in [0, 0.1) is 5.92 Å². The zero-order valence-corrected chi connectivity index (χ0v) is 14.8. The summed E-state index contributed by atoms with van der Waals surface area (Å²) in [4.78, 5) is 12.5. The molecule has 0 aliphatic carbocycles. The molecule has 2 aliphatic heterocycles. The van der Waals surface area contributed by atoms with Crippen molar-refractivity contribution in [1.82, 2.24) is 0 Å². The second kappa shape index (κ2) is 6.51. The highest BCUT2D eigenvalue weighted by Gasteiger charge is 2.51. The summed E-state index contributed by atoms with van der Waals surface area (Å²) in [6.45, 7) is 7.07. The number of hydrogen-bond donors (Lipinski definition) is 2. The number of aliphatic hydroxyl groups is 2. The lowest BCUT2D eigenvalue weighted by atomic mass is 9.85. The molecule has 0 aromatic carbocycles. The second-order valence-electron chi connectivity index (χ2n) is 7.40. The molecule has 0 radical (unpaired) electrons. The van der Waals surface area contributed by atoms with Crippen molar-refractivity contribution < 1.29 is 29.0 Å². The molecule has 1 saturated heterocycles. The van der Waals surface area contributed by atoms with Gasteiger partial charge in [-0.3, -0.25) is 0 Å². The smallest absolute Gasteiger partial charge is 0.341 e. The maximum atomic E-state index is 12.5. The Morgan fingerprint density at radius 1 is 1.48 bits per heavy atom. The SMILES string of the molecule is COC(C)C(O)(C(=O)OCC1=CC[N+]2(C)CC[C@@H](O)[C@@H]12)C(C)C. The van der Waals surface area contributed by atoms with Gasteiger partial charge in [0.2, 0.25) is 0 Å². The molecule has 0 spiro atoms. The van der Waals surface area contributed by atoms with Crippen molar-refractivity contribution in [1.29, 1.82) is 0 Å². The van der Waals surface area contributed by atoms with Crippen LogP contribution in [0.15, 0.2) is 11.6 Å². The number of likely N-dealkylation sites (N-methyl/N-ethyl adjacent to an activating group) is 1. The van der Waals surface area contributed by atoms with Crippen molar-refractivity contribution in [3.63, 3.8) is 0 Å². The largest absolute Gasteiger partial charge is 0.459 e. The molecule has 2 N–H and O–H groups in total.